The number of aromatic nitrogens is 2. The van der Waals surface area contributed by atoms with Gasteiger partial charge in [-0.3, -0.25) is 9.36 Å². The van der Waals surface area contributed by atoms with Gasteiger partial charge in [0.05, 0.1) is 23.7 Å². The van der Waals surface area contributed by atoms with Crippen molar-refractivity contribution in [3.63, 3.8) is 0 Å². The number of methoxy groups -OCH3 is 1. The Morgan fingerprint density at radius 2 is 1.79 bits per heavy atom. The molecule has 144 valence electrons. The van der Waals surface area contributed by atoms with E-state index in [0.29, 0.717) is 27.4 Å². The van der Waals surface area contributed by atoms with Crippen molar-refractivity contribution in [2.45, 2.75) is 0 Å². The SMILES string of the molecule is COc1ccc(Br)cc1C=Cc1nc2ccccc2c(=O)n1-c1ccc(Cl)cc1. The molecule has 0 aliphatic carbocycles. The molecule has 0 aliphatic rings. The maximum absolute atomic E-state index is 13.2. The lowest BCUT2D eigenvalue weighted by molar-refractivity contribution is 0.414. The normalized spacial score (nSPS) is 11.3. The molecule has 0 aliphatic heterocycles. The first-order valence-electron chi connectivity index (χ1n) is 8.86. The highest BCUT2D eigenvalue weighted by Crippen LogP contribution is 2.25. The van der Waals surface area contributed by atoms with Gasteiger partial charge >= 0.3 is 0 Å². The smallest absolute Gasteiger partial charge is 0.266 e. The van der Waals surface area contributed by atoms with Crippen LogP contribution in [-0.4, -0.2) is 16.7 Å². The fourth-order valence-corrected chi connectivity index (χ4v) is 3.61. The van der Waals surface area contributed by atoms with E-state index in [1.807, 2.05) is 48.6 Å². The summed E-state index contributed by atoms with van der Waals surface area (Å²) in [5, 5.41) is 1.16. The Hall–Kier alpha value is -2.89. The molecule has 6 heteroatoms. The summed E-state index contributed by atoms with van der Waals surface area (Å²) in [6.45, 7) is 0. The Bertz CT molecular complexity index is 1280. The van der Waals surface area contributed by atoms with E-state index in [-0.39, 0.29) is 5.56 Å². The number of ether oxygens (including phenoxy) is 1. The zero-order chi connectivity index (χ0) is 20.4. The van der Waals surface area contributed by atoms with Crippen LogP contribution in [0.2, 0.25) is 5.02 Å². The molecular weight excluding hydrogens is 452 g/mol. The molecule has 3 aromatic carbocycles. The van der Waals surface area contributed by atoms with Gasteiger partial charge in [0.2, 0.25) is 0 Å². The van der Waals surface area contributed by atoms with Crippen LogP contribution in [0.4, 0.5) is 0 Å². The molecule has 4 aromatic rings. The summed E-state index contributed by atoms with van der Waals surface area (Å²) in [5.41, 5.74) is 2.06. The van der Waals surface area contributed by atoms with Crippen LogP contribution < -0.4 is 10.3 Å². The molecule has 0 saturated heterocycles. The Balaban J connectivity index is 1.94. The fraction of sp³-hybridized carbons (Fsp3) is 0.0435. The Morgan fingerprint density at radius 1 is 1.03 bits per heavy atom. The minimum absolute atomic E-state index is 0.140. The molecule has 0 spiro atoms. The minimum atomic E-state index is -0.140. The van der Waals surface area contributed by atoms with Gasteiger partial charge in [-0.25, -0.2) is 4.98 Å². The van der Waals surface area contributed by atoms with Gasteiger partial charge in [0.15, 0.2) is 0 Å². The van der Waals surface area contributed by atoms with Gasteiger partial charge in [-0.05, 0) is 66.7 Å². The Kier molecular flexibility index (Phi) is 5.51. The van der Waals surface area contributed by atoms with E-state index in [9.17, 15) is 4.79 Å². The van der Waals surface area contributed by atoms with E-state index in [1.165, 1.54) is 0 Å². The first kappa shape index (κ1) is 19.4. The molecule has 0 saturated carbocycles. The van der Waals surface area contributed by atoms with Crippen molar-refractivity contribution in [3.8, 4) is 11.4 Å². The van der Waals surface area contributed by atoms with Crippen LogP contribution >= 0.6 is 27.5 Å². The lowest BCUT2D eigenvalue weighted by Crippen LogP contribution is -2.22. The predicted molar refractivity (Wildman–Crippen MR) is 122 cm³/mol. The number of benzene rings is 3. The average molecular weight is 468 g/mol. The molecule has 0 atom stereocenters. The maximum Gasteiger partial charge on any atom is 0.266 e. The van der Waals surface area contributed by atoms with Crippen LogP contribution in [0.25, 0.3) is 28.7 Å². The minimum Gasteiger partial charge on any atom is -0.496 e. The lowest BCUT2D eigenvalue weighted by Gasteiger charge is -2.12. The fourth-order valence-electron chi connectivity index (χ4n) is 3.10. The molecular formula is C23H16BrClN2O2. The van der Waals surface area contributed by atoms with Crippen LogP contribution in [0, 0.1) is 0 Å². The Labute approximate surface area is 181 Å². The van der Waals surface area contributed by atoms with E-state index in [2.05, 4.69) is 15.9 Å². The van der Waals surface area contributed by atoms with Crippen LogP contribution in [0.15, 0.2) is 76.0 Å². The van der Waals surface area contributed by atoms with E-state index >= 15 is 0 Å². The third-order valence-electron chi connectivity index (χ3n) is 4.49. The molecule has 0 radical (unpaired) electrons. The molecule has 0 bridgehead atoms. The van der Waals surface area contributed by atoms with Crippen molar-refractivity contribution in [1.82, 2.24) is 9.55 Å². The summed E-state index contributed by atoms with van der Waals surface area (Å²) in [7, 11) is 1.62. The summed E-state index contributed by atoms with van der Waals surface area (Å²) in [5.74, 6) is 1.24. The zero-order valence-electron chi connectivity index (χ0n) is 15.5. The maximum atomic E-state index is 13.2. The molecule has 4 rings (SSSR count). The van der Waals surface area contributed by atoms with Gasteiger partial charge in [0, 0.05) is 15.1 Å². The number of fused-ring (bicyclic) bond motifs is 1. The summed E-state index contributed by atoms with van der Waals surface area (Å²) < 4.78 is 7.95. The van der Waals surface area contributed by atoms with Gasteiger partial charge in [-0.1, -0.05) is 39.7 Å². The quantitative estimate of drug-likeness (QED) is 0.371. The van der Waals surface area contributed by atoms with E-state index in [4.69, 9.17) is 21.3 Å². The highest BCUT2D eigenvalue weighted by Gasteiger charge is 2.11. The molecule has 4 nitrogen and oxygen atoms in total. The van der Waals surface area contributed by atoms with Gasteiger partial charge in [0.1, 0.15) is 11.6 Å². The van der Waals surface area contributed by atoms with Crippen LogP contribution in [-0.2, 0) is 0 Å². The van der Waals surface area contributed by atoms with E-state index in [1.54, 1.807) is 42.0 Å². The van der Waals surface area contributed by atoms with Crippen molar-refractivity contribution in [3.05, 3.63) is 98.0 Å². The molecule has 29 heavy (non-hydrogen) atoms. The van der Waals surface area contributed by atoms with Crippen molar-refractivity contribution in [2.24, 2.45) is 0 Å². The number of nitrogens with zero attached hydrogens (tertiary/aromatic N) is 2. The van der Waals surface area contributed by atoms with Gasteiger partial charge in [-0.15, -0.1) is 0 Å². The predicted octanol–water partition coefficient (Wildman–Crippen LogP) is 5.98. The topological polar surface area (TPSA) is 44.1 Å². The van der Waals surface area contributed by atoms with Crippen molar-refractivity contribution >= 4 is 50.6 Å². The molecule has 1 heterocycles. The molecule has 0 N–H and O–H groups in total. The van der Waals surface area contributed by atoms with Crippen LogP contribution in [0.1, 0.15) is 11.4 Å². The first-order chi connectivity index (χ1) is 14.1. The second-order valence-electron chi connectivity index (χ2n) is 6.32. The number of hydrogen-bond acceptors (Lipinski definition) is 3. The summed E-state index contributed by atoms with van der Waals surface area (Å²) >= 11 is 9.51. The molecule has 0 fully saturated rings. The standard InChI is InChI=1S/C23H16BrClN2O2/c1-29-21-12-7-16(24)14-15(21)6-13-22-26-20-5-3-2-4-19(20)23(28)27(22)18-10-8-17(25)9-11-18/h2-14H,1H3. The third-order valence-corrected chi connectivity index (χ3v) is 5.24. The van der Waals surface area contributed by atoms with Crippen molar-refractivity contribution in [2.75, 3.05) is 7.11 Å². The summed E-state index contributed by atoms with van der Waals surface area (Å²) in [6, 6.07) is 20.2. The third kappa shape index (κ3) is 3.97. The first-order valence-corrected chi connectivity index (χ1v) is 10.0. The Morgan fingerprint density at radius 3 is 2.55 bits per heavy atom. The second kappa shape index (κ2) is 8.23. The highest BCUT2D eigenvalue weighted by atomic mass is 79.9. The van der Waals surface area contributed by atoms with Crippen LogP contribution in [0.5, 0.6) is 5.75 Å². The largest absolute Gasteiger partial charge is 0.496 e. The summed E-state index contributed by atoms with van der Waals surface area (Å²) in [6.07, 6.45) is 3.69. The lowest BCUT2D eigenvalue weighted by atomic mass is 10.1. The number of rotatable bonds is 4. The van der Waals surface area contributed by atoms with Crippen molar-refractivity contribution in [1.29, 1.82) is 0 Å². The number of para-hydroxylation sites is 1. The monoisotopic (exact) mass is 466 g/mol. The van der Waals surface area contributed by atoms with Gasteiger partial charge < -0.3 is 4.74 Å². The average Bonchev–Trinajstić information content (AvgIpc) is 2.73. The second-order valence-corrected chi connectivity index (χ2v) is 7.68. The molecule has 0 unspecified atom stereocenters. The van der Waals surface area contributed by atoms with Crippen molar-refractivity contribution < 1.29 is 4.74 Å². The van der Waals surface area contributed by atoms with Crippen LogP contribution in [0.3, 0.4) is 0 Å². The zero-order valence-corrected chi connectivity index (χ0v) is 17.8. The summed E-state index contributed by atoms with van der Waals surface area (Å²) in [4.78, 5) is 18.0. The highest BCUT2D eigenvalue weighted by molar-refractivity contribution is 9.10. The molecule has 0 amide bonds. The van der Waals surface area contributed by atoms with Gasteiger partial charge in [0.25, 0.3) is 5.56 Å². The van der Waals surface area contributed by atoms with E-state index < -0.39 is 0 Å². The number of hydrogen-bond donors (Lipinski definition) is 0. The molecule has 1 aromatic heterocycles. The number of halogens is 2. The van der Waals surface area contributed by atoms with Gasteiger partial charge in [-0.2, -0.15) is 0 Å². The van der Waals surface area contributed by atoms with E-state index in [0.717, 1.165) is 15.8 Å².